The zero-order valence-corrected chi connectivity index (χ0v) is 11.0. The van der Waals surface area contributed by atoms with Gasteiger partial charge in [0.05, 0.1) is 6.10 Å². The van der Waals surface area contributed by atoms with Crippen LogP contribution in [0.2, 0.25) is 0 Å². The maximum Gasteiger partial charge on any atom is 0.0724 e. The minimum atomic E-state index is 0.396. The van der Waals surface area contributed by atoms with Crippen LogP contribution < -0.4 is 5.32 Å². The molecule has 3 unspecified atom stereocenters. The Kier molecular flexibility index (Phi) is 7.01. The van der Waals surface area contributed by atoms with E-state index in [0.29, 0.717) is 18.2 Å². The van der Waals surface area contributed by atoms with Crippen molar-refractivity contribution in [1.82, 2.24) is 5.32 Å². The molecule has 0 aromatic heterocycles. The van der Waals surface area contributed by atoms with E-state index in [0.717, 1.165) is 13.0 Å². The van der Waals surface area contributed by atoms with Crippen molar-refractivity contribution in [1.29, 1.82) is 0 Å². The number of methoxy groups -OCH3 is 2. The molecule has 96 valence electrons. The summed E-state index contributed by atoms with van der Waals surface area (Å²) < 4.78 is 10.7. The van der Waals surface area contributed by atoms with Crippen molar-refractivity contribution in [3.05, 3.63) is 0 Å². The lowest BCUT2D eigenvalue weighted by Crippen LogP contribution is -2.45. The van der Waals surface area contributed by atoms with Crippen molar-refractivity contribution in [2.45, 2.75) is 63.6 Å². The Morgan fingerprint density at radius 3 is 2.62 bits per heavy atom. The van der Waals surface area contributed by atoms with Crippen LogP contribution in [0.1, 0.15) is 45.4 Å². The Morgan fingerprint density at radius 1 is 1.19 bits per heavy atom. The minimum Gasteiger partial charge on any atom is -0.385 e. The maximum atomic E-state index is 5.60. The number of nitrogens with one attached hydrogen (secondary N) is 1. The second kappa shape index (κ2) is 8.04. The lowest BCUT2D eigenvalue weighted by Gasteiger charge is -2.28. The van der Waals surface area contributed by atoms with E-state index >= 15 is 0 Å². The van der Waals surface area contributed by atoms with Gasteiger partial charge in [0, 0.05) is 32.9 Å². The SMILES string of the molecule is COCCC(C)NC1CCCCCC1OC. The van der Waals surface area contributed by atoms with E-state index in [1.807, 2.05) is 7.11 Å². The third-order valence-corrected chi connectivity index (χ3v) is 3.51. The molecule has 0 radical (unpaired) electrons. The van der Waals surface area contributed by atoms with Gasteiger partial charge in [0.25, 0.3) is 0 Å². The molecular weight excluding hydrogens is 202 g/mol. The summed E-state index contributed by atoms with van der Waals surface area (Å²) in [7, 11) is 3.60. The van der Waals surface area contributed by atoms with Crippen LogP contribution in [0.25, 0.3) is 0 Å². The highest BCUT2D eigenvalue weighted by Gasteiger charge is 2.24. The molecule has 1 fully saturated rings. The van der Waals surface area contributed by atoms with Gasteiger partial charge in [0.2, 0.25) is 0 Å². The lowest BCUT2D eigenvalue weighted by molar-refractivity contribution is 0.0578. The maximum absolute atomic E-state index is 5.60. The van der Waals surface area contributed by atoms with Gasteiger partial charge < -0.3 is 14.8 Å². The molecule has 3 heteroatoms. The molecule has 0 spiro atoms. The van der Waals surface area contributed by atoms with E-state index in [9.17, 15) is 0 Å². The Hall–Kier alpha value is -0.120. The van der Waals surface area contributed by atoms with E-state index in [1.165, 1.54) is 32.1 Å². The zero-order chi connectivity index (χ0) is 11.8. The van der Waals surface area contributed by atoms with Crippen LogP contribution in [0.5, 0.6) is 0 Å². The summed E-state index contributed by atoms with van der Waals surface area (Å²) in [5.74, 6) is 0. The molecule has 1 saturated carbocycles. The molecule has 0 aromatic rings. The van der Waals surface area contributed by atoms with Crippen LogP contribution in [0.3, 0.4) is 0 Å². The van der Waals surface area contributed by atoms with Crippen LogP contribution >= 0.6 is 0 Å². The Bertz CT molecular complexity index is 175. The fourth-order valence-corrected chi connectivity index (χ4v) is 2.49. The van der Waals surface area contributed by atoms with E-state index < -0.39 is 0 Å². The average Bonchev–Trinajstić information content (AvgIpc) is 2.51. The number of rotatable bonds is 6. The molecule has 0 amide bonds. The molecule has 1 aliphatic rings. The molecule has 1 rings (SSSR count). The van der Waals surface area contributed by atoms with Crippen LogP contribution in [-0.4, -0.2) is 39.0 Å². The fraction of sp³-hybridized carbons (Fsp3) is 1.00. The van der Waals surface area contributed by atoms with E-state index in [-0.39, 0.29) is 0 Å². The number of hydrogen-bond donors (Lipinski definition) is 1. The number of ether oxygens (including phenoxy) is 2. The van der Waals surface area contributed by atoms with E-state index in [2.05, 4.69) is 12.2 Å². The summed E-state index contributed by atoms with van der Waals surface area (Å²) in [5.41, 5.74) is 0. The molecule has 0 saturated heterocycles. The van der Waals surface area contributed by atoms with Crippen molar-refractivity contribution >= 4 is 0 Å². The highest BCUT2D eigenvalue weighted by Crippen LogP contribution is 2.20. The normalized spacial score (nSPS) is 28.7. The van der Waals surface area contributed by atoms with E-state index in [1.54, 1.807) is 7.11 Å². The van der Waals surface area contributed by atoms with Gasteiger partial charge in [0.15, 0.2) is 0 Å². The van der Waals surface area contributed by atoms with Gasteiger partial charge in [-0.25, -0.2) is 0 Å². The van der Waals surface area contributed by atoms with Crippen molar-refractivity contribution in [2.75, 3.05) is 20.8 Å². The number of hydrogen-bond acceptors (Lipinski definition) is 3. The molecule has 0 aliphatic heterocycles. The average molecular weight is 229 g/mol. The first-order chi connectivity index (χ1) is 7.77. The Balaban J connectivity index is 2.35. The molecule has 1 aliphatic carbocycles. The second-order valence-corrected chi connectivity index (χ2v) is 4.87. The molecule has 0 aromatic carbocycles. The largest absolute Gasteiger partial charge is 0.385 e. The molecule has 3 nitrogen and oxygen atoms in total. The van der Waals surface area contributed by atoms with Crippen LogP contribution in [0.4, 0.5) is 0 Å². The smallest absolute Gasteiger partial charge is 0.0724 e. The quantitative estimate of drug-likeness (QED) is 0.709. The van der Waals surface area contributed by atoms with Gasteiger partial charge in [-0.3, -0.25) is 0 Å². The van der Waals surface area contributed by atoms with Gasteiger partial charge >= 0.3 is 0 Å². The summed E-state index contributed by atoms with van der Waals surface area (Å²) in [6.45, 7) is 3.06. The lowest BCUT2D eigenvalue weighted by atomic mass is 10.0. The van der Waals surface area contributed by atoms with Gasteiger partial charge in [0.1, 0.15) is 0 Å². The first-order valence-corrected chi connectivity index (χ1v) is 6.55. The molecule has 16 heavy (non-hydrogen) atoms. The predicted octanol–water partition coefficient (Wildman–Crippen LogP) is 2.35. The first-order valence-electron chi connectivity index (χ1n) is 6.55. The summed E-state index contributed by atoms with van der Waals surface area (Å²) in [6.07, 6.45) is 7.90. The highest BCUT2D eigenvalue weighted by molar-refractivity contribution is 4.82. The summed E-state index contributed by atoms with van der Waals surface area (Å²) >= 11 is 0. The van der Waals surface area contributed by atoms with E-state index in [4.69, 9.17) is 9.47 Å². The molecular formula is C13H27NO2. The molecule has 1 N–H and O–H groups in total. The first kappa shape index (κ1) is 13.9. The summed E-state index contributed by atoms with van der Waals surface area (Å²) in [4.78, 5) is 0. The van der Waals surface area contributed by atoms with Crippen LogP contribution in [0.15, 0.2) is 0 Å². The van der Waals surface area contributed by atoms with Crippen molar-refractivity contribution in [3.8, 4) is 0 Å². The van der Waals surface area contributed by atoms with Crippen molar-refractivity contribution in [2.24, 2.45) is 0 Å². The van der Waals surface area contributed by atoms with Gasteiger partial charge in [-0.2, -0.15) is 0 Å². The summed E-state index contributed by atoms with van der Waals surface area (Å²) in [5, 5.41) is 3.69. The van der Waals surface area contributed by atoms with Crippen LogP contribution in [0, 0.1) is 0 Å². The minimum absolute atomic E-state index is 0.396. The standard InChI is InChI=1S/C13H27NO2/c1-11(9-10-15-2)14-12-7-5-4-6-8-13(12)16-3/h11-14H,4-10H2,1-3H3. The monoisotopic (exact) mass is 229 g/mol. The predicted molar refractivity (Wildman–Crippen MR) is 66.8 cm³/mol. The third-order valence-electron chi connectivity index (χ3n) is 3.51. The Labute approximate surface area is 99.9 Å². The van der Waals surface area contributed by atoms with Gasteiger partial charge in [-0.1, -0.05) is 19.3 Å². The van der Waals surface area contributed by atoms with Crippen LogP contribution in [-0.2, 0) is 9.47 Å². The highest BCUT2D eigenvalue weighted by atomic mass is 16.5. The molecule has 3 atom stereocenters. The zero-order valence-electron chi connectivity index (χ0n) is 11.0. The molecule has 0 heterocycles. The van der Waals surface area contributed by atoms with Crippen molar-refractivity contribution < 1.29 is 9.47 Å². The molecule has 0 bridgehead atoms. The second-order valence-electron chi connectivity index (χ2n) is 4.87. The topological polar surface area (TPSA) is 30.5 Å². The third kappa shape index (κ3) is 4.81. The van der Waals surface area contributed by atoms with Gasteiger partial charge in [-0.05, 0) is 26.2 Å². The summed E-state index contributed by atoms with van der Waals surface area (Å²) in [6, 6.07) is 1.04. The van der Waals surface area contributed by atoms with Crippen molar-refractivity contribution in [3.63, 3.8) is 0 Å². The Morgan fingerprint density at radius 2 is 1.94 bits per heavy atom. The van der Waals surface area contributed by atoms with Gasteiger partial charge in [-0.15, -0.1) is 0 Å². The fourth-order valence-electron chi connectivity index (χ4n) is 2.49.